The van der Waals surface area contributed by atoms with Gasteiger partial charge in [0.1, 0.15) is 5.75 Å². The van der Waals surface area contributed by atoms with Crippen LogP contribution in [-0.4, -0.2) is 42.5 Å². The second kappa shape index (κ2) is 11.1. The molecule has 1 saturated heterocycles. The minimum absolute atomic E-state index is 0.108. The largest absolute Gasteiger partial charge is 0.493 e. The van der Waals surface area contributed by atoms with E-state index in [0.717, 1.165) is 62.1 Å². The molecule has 1 aliphatic heterocycles. The molecular formula is C23H36N2O3. The molecule has 0 saturated carbocycles. The second-order valence-corrected chi connectivity index (χ2v) is 7.85. The van der Waals surface area contributed by atoms with Gasteiger partial charge in [-0.05, 0) is 57.1 Å². The molecule has 1 N–H and O–H groups in total. The summed E-state index contributed by atoms with van der Waals surface area (Å²) in [4.78, 5) is 26.6. The molecule has 0 bridgehead atoms. The highest BCUT2D eigenvalue weighted by atomic mass is 16.5. The fourth-order valence-electron chi connectivity index (χ4n) is 3.83. The number of hydrogen-bond donors (Lipinski definition) is 1. The molecule has 1 aromatic rings. The van der Waals surface area contributed by atoms with Crippen molar-refractivity contribution >= 4 is 11.8 Å². The lowest BCUT2D eigenvalue weighted by Gasteiger charge is -2.33. The van der Waals surface area contributed by atoms with E-state index >= 15 is 0 Å². The summed E-state index contributed by atoms with van der Waals surface area (Å²) in [6.07, 6.45) is 4.67. The van der Waals surface area contributed by atoms with E-state index in [0.29, 0.717) is 13.0 Å². The summed E-state index contributed by atoms with van der Waals surface area (Å²) in [7, 11) is 0. The molecule has 0 aromatic heterocycles. The standard InChI is InChI=1S/C23H36N2O3/c1-5-19(6-2)23(27)24-20-12-14-25(15-13-20)21(26)11-8-16-28-22-17(3)9-7-10-18(22)4/h7,9-10,19-20H,5-6,8,11-16H2,1-4H3,(H,24,27). The van der Waals surface area contributed by atoms with Gasteiger partial charge >= 0.3 is 0 Å². The average Bonchev–Trinajstić information content (AvgIpc) is 2.68. The highest BCUT2D eigenvalue weighted by molar-refractivity contribution is 5.79. The molecule has 5 nitrogen and oxygen atoms in total. The molecule has 1 fully saturated rings. The van der Waals surface area contributed by atoms with Gasteiger partial charge in [0, 0.05) is 31.5 Å². The van der Waals surface area contributed by atoms with Crippen molar-refractivity contribution in [2.75, 3.05) is 19.7 Å². The quantitative estimate of drug-likeness (QED) is 0.651. The Balaban J connectivity index is 1.67. The van der Waals surface area contributed by atoms with Crippen LogP contribution >= 0.6 is 0 Å². The van der Waals surface area contributed by atoms with Crippen LogP contribution in [0, 0.1) is 19.8 Å². The zero-order valence-corrected chi connectivity index (χ0v) is 17.9. The number of amides is 2. The van der Waals surface area contributed by atoms with Crippen LogP contribution in [0.2, 0.25) is 0 Å². The number of benzene rings is 1. The predicted octanol–water partition coefficient (Wildman–Crippen LogP) is 4.01. The average molecular weight is 389 g/mol. The Hall–Kier alpha value is -2.04. The molecule has 1 heterocycles. The number of carbonyl (C=O) groups is 2. The topological polar surface area (TPSA) is 58.6 Å². The summed E-state index contributed by atoms with van der Waals surface area (Å²) in [5.41, 5.74) is 2.26. The Kier molecular flexibility index (Phi) is 8.81. The minimum atomic E-state index is 0.108. The van der Waals surface area contributed by atoms with Crippen LogP contribution in [0.5, 0.6) is 5.75 Å². The van der Waals surface area contributed by atoms with E-state index in [1.54, 1.807) is 0 Å². The second-order valence-electron chi connectivity index (χ2n) is 7.85. The van der Waals surface area contributed by atoms with Crippen molar-refractivity contribution in [2.24, 2.45) is 5.92 Å². The Morgan fingerprint density at radius 1 is 1.14 bits per heavy atom. The molecule has 2 rings (SSSR count). The van der Waals surface area contributed by atoms with Gasteiger partial charge in [0.05, 0.1) is 6.61 Å². The Morgan fingerprint density at radius 2 is 1.75 bits per heavy atom. The monoisotopic (exact) mass is 388 g/mol. The lowest BCUT2D eigenvalue weighted by atomic mass is 9.99. The van der Waals surface area contributed by atoms with Crippen molar-refractivity contribution in [1.29, 1.82) is 0 Å². The third-order valence-electron chi connectivity index (χ3n) is 5.74. The van der Waals surface area contributed by atoms with Gasteiger partial charge in [-0.1, -0.05) is 32.0 Å². The van der Waals surface area contributed by atoms with E-state index in [4.69, 9.17) is 4.74 Å². The van der Waals surface area contributed by atoms with E-state index in [-0.39, 0.29) is 23.8 Å². The van der Waals surface area contributed by atoms with Crippen LogP contribution in [0.3, 0.4) is 0 Å². The highest BCUT2D eigenvalue weighted by Crippen LogP contribution is 2.22. The van der Waals surface area contributed by atoms with Crippen molar-refractivity contribution in [3.05, 3.63) is 29.3 Å². The summed E-state index contributed by atoms with van der Waals surface area (Å²) in [5, 5.41) is 3.16. The molecule has 0 radical (unpaired) electrons. The van der Waals surface area contributed by atoms with Gasteiger partial charge in [-0.2, -0.15) is 0 Å². The number of para-hydroxylation sites is 1. The molecule has 2 amide bonds. The van der Waals surface area contributed by atoms with Gasteiger partial charge in [0.25, 0.3) is 0 Å². The summed E-state index contributed by atoms with van der Waals surface area (Å²) < 4.78 is 5.89. The first-order valence-electron chi connectivity index (χ1n) is 10.7. The number of nitrogens with one attached hydrogen (secondary N) is 1. The maximum absolute atomic E-state index is 12.5. The Bertz CT molecular complexity index is 627. The van der Waals surface area contributed by atoms with Crippen LogP contribution in [0.4, 0.5) is 0 Å². The normalized spacial score (nSPS) is 15.0. The number of carbonyl (C=O) groups excluding carboxylic acids is 2. The van der Waals surface area contributed by atoms with Gasteiger partial charge < -0.3 is 15.0 Å². The summed E-state index contributed by atoms with van der Waals surface area (Å²) in [5.74, 6) is 1.40. The lowest BCUT2D eigenvalue weighted by Crippen LogP contribution is -2.47. The van der Waals surface area contributed by atoms with E-state index in [1.807, 2.05) is 36.9 Å². The number of hydrogen-bond acceptors (Lipinski definition) is 3. The van der Waals surface area contributed by atoms with Crippen LogP contribution in [-0.2, 0) is 9.59 Å². The molecule has 0 aliphatic carbocycles. The van der Waals surface area contributed by atoms with Gasteiger partial charge in [-0.15, -0.1) is 0 Å². The van der Waals surface area contributed by atoms with Crippen LogP contribution in [0.25, 0.3) is 0 Å². The minimum Gasteiger partial charge on any atom is -0.493 e. The molecule has 156 valence electrons. The first-order valence-corrected chi connectivity index (χ1v) is 10.7. The van der Waals surface area contributed by atoms with Crippen LogP contribution in [0.15, 0.2) is 18.2 Å². The number of likely N-dealkylation sites (tertiary alicyclic amines) is 1. The molecule has 0 unspecified atom stereocenters. The number of aryl methyl sites for hydroxylation is 2. The first kappa shape index (κ1) is 22.3. The van der Waals surface area contributed by atoms with Crippen molar-refractivity contribution in [1.82, 2.24) is 10.2 Å². The van der Waals surface area contributed by atoms with Crippen molar-refractivity contribution in [3.63, 3.8) is 0 Å². The fourth-order valence-corrected chi connectivity index (χ4v) is 3.83. The molecule has 1 aromatic carbocycles. The third-order valence-corrected chi connectivity index (χ3v) is 5.74. The molecular weight excluding hydrogens is 352 g/mol. The first-order chi connectivity index (χ1) is 13.5. The van der Waals surface area contributed by atoms with Crippen molar-refractivity contribution in [3.8, 4) is 5.75 Å². The molecule has 0 atom stereocenters. The SMILES string of the molecule is CCC(CC)C(=O)NC1CCN(C(=O)CCCOc2c(C)cccc2C)CC1. The van der Waals surface area contributed by atoms with Gasteiger partial charge in [0.2, 0.25) is 11.8 Å². The molecule has 1 aliphatic rings. The van der Waals surface area contributed by atoms with Crippen molar-refractivity contribution in [2.45, 2.75) is 72.3 Å². The van der Waals surface area contributed by atoms with E-state index < -0.39 is 0 Å². The zero-order valence-electron chi connectivity index (χ0n) is 17.9. The van der Waals surface area contributed by atoms with E-state index in [9.17, 15) is 9.59 Å². The Morgan fingerprint density at radius 3 is 2.32 bits per heavy atom. The van der Waals surface area contributed by atoms with E-state index in [2.05, 4.69) is 19.2 Å². The van der Waals surface area contributed by atoms with Gasteiger partial charge in [-0.3, -0.25) is 9.59 Å². The summed E-state index contributed by atoms with van der Waals surface area (Å²) in [6.45, 7) is 10.2. The Labute approximate surface area is 169 Å². The fraction of sp³-hybridized carbons (Fsp3) is 0.652. The van der Waals surface area contributed by atoms with Crippen molar-refractivity contribution < 1.29 is 14.3 Å². The van der Waals surface area contributed by atoms with Crippen LogP contribution in [0.1, 0.15) is 63.5 Å². The molecule has 5 heteroatoms. The molecule has 0 spiro atoms. The van der Waals surface area contributed by atoms with Crippen LogP contribution < -0.4 is 10.1 Å². The van der Waals surface area contributed by atoms with Gasteiger partial charge in [-0.25, -0.2) is 0 Å². The number of nitrogens with zero attached hydrogens (tertiary/aromatic N) is 1. The maximum atomic E-state index is 12.5. The lowest BCUT2D eigenvalue weighted by molar-refractivity contribution is -0.132. The van der Waals surface area contributed by atoms with Gasteiger partial charge in [0.15, 0.2) is 0 Å². The maximum Gasteiger partial charge on any atom is 0.223 e. The smallest absolute Gasteiger partial charge is 0.223 e. The summed E-state index contributed by atoms with van der Waals surface area (Å²) in [6, 6.07) is 6.31. The predicted molar refractivity (Wildman–Crippen MR) is 112 cm³/mol. The van der Waals surface area contributed by atoms with E-state index in [1.165, 1.54) is 0 Å². The highest BCUT2D eigenvalue weighted by Gasteiger charge is 2.25. The summed E-state index contributed by atoms with van der Waals surface area (Å²) >= 11 is 0. The molecule has 28 heavy (non-hydrogen) atoms. The number of ether oxygens (including phenoxy) is 1. The number of rotatable bonds is 9. The third kappa shape index (κ3) is 6.25. The number of piperidine rings is 1. The zero-order chi connectivity index (χ0) is 20.5.